The van der Waals surface area contributed by atoms with Crippen molar-refractivity contribution >= 4 is 57.4 Å². The average Bonchev–Trinajstić information content (AvgIpc) is 3.18. The van der Waals surface area contributed by atoms with E-state index in [-0.39, 0.29) is 0 Å². The van der Waals surface area contributed by atoms with Gasteiger partial charge >= 0.3 is 15.0 Å². The molecular weight excluding hydrogens is 478 g/mol. The molecule has 2 radical (unpaired) electrons. The predicted molar refractivity (Wildman–Crippen MR) is 160 cm³/mol. The van der Waals surface area contributed by atoms with E-state index < -0.39 is 22.4 Å². The molecule has 3 N–H and O–H groups in total. The molecule has 0 saturated carbocycles. The van der Waals surface area contributed by atoms with Crippen LogP contribution in [0.25, 0.3) is 31.3 Å². The first-order chi connectivity index (χ1) is 17.1. The standard InChI is InChI=1S/C30H36B2O4S/c1-27(2,33)29(5,6)35-31-21-15-20(16-22(18-21)32-36-30(7,8)28(3,4)34)19-13-14-26-24(17-19)23-11-9-10-12-25(23)37-26/h9-18,33-34H,1-8H3/p+1. The van der Waals surface area contributed by atoms with Gasteiger partial charge in [-0.25, -0.2) is 0 Å². The quantitative estimate of drug-likeness (QED) is 0.250. The fraction of sp³-hybridized carbons (Fsp3) is 0.400. The van der Waals surface area contributed by atoms with Gasteiger partial charge in [0.15, 0.2) is 5.60 Å². The minimum absolute atomic E-state index is 0.680. The molecule has 1 aromatic heterocycles. The highest BCUT2D eigenvalue weighted by Gasteiger charge is 2.40. The molecule has 3 aromatic carbocycles. The Labute approximate surface area is 226 Å². The molecule has 0 aliphatic heterocycles. The van der Waals surface area contributed by atoms with Crippen LogP contribution in [0.15, 0.2) is 60.7 Å². The maximum absolute atomic E-state index is 10.5. The molecular formula is C30H37B2O4S+. The van der Waals surface area contributed by atoms with Crippen molar-refractivity contribution in [2.24, 2.45) is 0 Å². The van der Waals surface area contributed by atoms with Crippen LogP contribution in [0.5, 0.6) is 0 Å². The van der Waals surface area contributed by atoms with Crippen molar-refractivity contribution < 1.29 is 19.5 Å². The number of fused-ring (bicyclic) bond motifs is 3. The first kappa shape index (κ1) is 27.9. The molecule has 192 valence electrons. The Morgan fingerprint density at radius 1 is 0.676 bits per heavy atom. The zero-order valence-electron chi connectivity index (χ0n) is 23.1. The third-order valence-electron chi connectivity index (χ3n) is 7.65. The van der Waals surface area contributed by atoms with Crippen LogP contribution in [0.3, 0.4) is 0 Å². The molecule has 0 atom stereocenters. The summed E-state index contributed by atoms with van der Waals surface area (Å²) in [6.07, 6.45) is 0. The van der Waals surface area contributed by atoms with E-state index >= 15 is 0 Å². The lowest BCUT2D eigenvalue weighted by atomic mass is 9.75. The van der Waals surface area contributed by atoms with E-state index in [0.717, 1.165) is 22.1 Å². The topological polar surface area (TPSA) is 61.6 Å². The second-order valence-electron chi connectivity index (χ2n) is 11.9. The molecule has 0 bridgehead atoms. The van der Waals surface area contributed by atoms with E-state index in [2.05, 4.69) is 54.6 Å². The number of hydrogen-bond donors (Lipinski definition) is 1. The van der Waals surface area contributed by atoms with Gasteiger partial charge in [0.1, 0.15) is 5.60 Å². The maximum atomic E-state index is 10.5. The Balaban J connectivity index is 1.73. The van der Waals surface area contributed by atoms with Gasteiger partial charge in [0, 0.05) is 34.0 Å². The van der Waals surface area contributed by atoms with Gasteiger partial charge in [0.2, 0.25) is 0 Å². The smallest absolute Gasteiger partial charge is 0.331 e. The highest BCUT2D eigenvalue weighted by Crippen LogP contribution is 2.36. The van der Waals surface area contributed by atoms with Gasteiger partial charge in [-0.2, -0.15) is 0 Å². The van der Waals surface area contributed by atoms with Crippen molar-refractivity contribution in [3.8, 4) is 11.1 Å². The van der Waals surface area contributed by atoms with E-state index in [0.29, 0.717) is 0 Å². The Morgan fingerprint density at radius 3 is 1.84 bits per heavy atom. The summed E-state index contributed by atoms with van der Waals surface area (Å²) in [5, 5.41) is 21.5. The van der Waals surface area contributed by atoms with E-state index in [1.165, 1.54) is 20.2 Å². The Hall–Kier alpha value is -2.15. The van der Waals surface area contributed by atoms with Gasteiger partial charge in [-0.15, -0.1) is 11.3 Å². The van der Waals surface area contributed by atoms with E-state index in [1.807, 2.05) is 47.6 Å². The average molecular weight is 515 g/mol. The van der Waals surface area contributed by atoms with Crippen LogP contribution >= 0.6 is 11.3 Å². The van der Waals surface area contributed by atoms with Crippen LogP contribution in [-0.4, -0.2) is 47.6 Å². The summed E-state index contributed by atoms with van der Waals surface area (Å²) in [6.45, 7) is 14.8. The lowest BCUT2D eigenvalue weighted by molar-refractivity contribution is -0.0893. The third kappa shape index (κ3) is 5.97. The van der Waals surface area contributed by atoms with Gasteiger partial charge in [0.25, 0.3) is 0 Å². The molecule has 0 unspecified atom stereocenters. The zero-order valence-corrected chi connectivity index (χ0v) is 23.9. The third-order valence-corrected chi connectivity index (χ3v) is 8.80. The summed E-state index contributed by atoms with van der Waals surface area (Å²) in [5.41, 5.74) is 0.616. The second-order valence-corrected chi connectivity index (χ2v) is 13.0. The molecule has 0 amide bonds. The summed E-state index contributed by atoms with van der Waals surface area (Å²) in [5.74, 6) is 0. The molecule has 4 aromatic rings. The van der Waals surface area contributed by atoms with Crippen molar-refractivity contribution in [3.63, 3.8) is 0 Å². The highest BCUT2D eigenvalue weighted by atomic mass is 32.1. The SMILES string of the molecule is CC(C)(O)C(C)(C)O[B]c1cc([B]OC(C)(C)C(C)(C)[OH2+])cc(-c2ccc3sc4ccccc4c3c2)c1. The molecule has 0 aliphatic carbocycles. The van der Waals surface area contributed by atoms with Gasteiger partial charge in [-0.1, -0.05) is 53.4 Å². The Kier molecular flexibility index (Phi) is 7.43. The second kappa shape index (κ2) is 9.87. The first-order valence-electron chi connectivity index (χ1n) is 12.6. The lowest BCUT2D eigenvalue weighted by Gasteiger charge is -2.37. The zero-order chi connectivity index (χ0) is 27.2. The van der Waals surface area contributed by atoms with Gasteiger partial charge in [-0.3, -0.25) is 0 Å². The monoisotopic (exact) mass is 515 g/mol. The largest absolute Gasteiger partial charge is 0.439 e. The number of thiophene rings is 1. The minimum atomic E-state index is -1.02. The van der Waals surface area contributed by atoms with Crippen molar-refractivity contribution in [2.45, 2.75) is 77.8 Å². The summed E-state index contributed by atoms with van der Waals surface area (Å²) in [6, 6.07) is 21.3. The maximum Gasteiger partial charge on any atom is 0.331 e. The number of aliphatic hydroxyl groups is 1. The van der Waals surface area contributed by atoms with Crippen molar-refractivity contribution in [2.75, 3.05) is 0 Å². The molecule has 0 aliphatic rings. The molecule has 0 saturated heterocycles. The molecule has 0 fully saturated rings. The van der Waals surface area contributed by atoms with E-state index in [1.54, 1.807) is 40.1 Å². The van der Waals surface area contributed by atoms with E-state index in [9.17, 15) is 5.11 Å². The molecule has 37 heavy (non-hydrogen) atoms. The normalized spacial score (nSPS) is 13.4. The van der Waals surface area contributed by atoms with Crippen LogP contribution in [0.2, 0.25) is 0 Å². The molecule has 1 heterocycles. The van der Waals surface area contributed by atoms with Crippen molar-refractivity contribution in [1.29, 1.82) is 0 Å². The van der Waals surface area contributed by atoms with Crippen LogP contribution in [-0.2, 0) is 9.31 Å². The predicted octanol–water partition coefficient (Wildman–Crippen LogP) is 5.08. The minimum Gasteiger partial charge on any atom is -0.439 e. The van der Waals surface area contributed by atoms with Crippen LogP contribution in [0, 0.1) is 0 Å². The Bertz CT molecular complexity index is 1360. The Morgan fingerprint density at radius 2 is 1.24 bits per heavy atom. The van der Waals surface area contributed by atoms with E-state index in [4.69, 9.17) is 14.4 Å². The van der Waals surface area contributed by atoms with Crippen LogP contribution in [0.1, 0.15) is 55.4 Å². The number of benzene rings is 3. The molecule has 4 nitrogen and oxygen atoms in total. The molecule has 7 heteroatoms. The first-order valence-corrected chi connectivity index (χ1v) is 13.5. The summed E-state index contributed by atoms with van der Waals surface area (Å²) >= 11 is 1.80. The number of rotatable bonds is 9. The summed E-state index contributed by atoms with van der Waals surface area (Å²) in [7, 11) is 3.44. The van der Waals surface area contributed by atoms with Gasteiger partial charge < -0.3 is 19.5 Å². The van der Waals surface area contributed by atoms with Crippen LogP contribution < -0.4 is 10.9 Å². The fourth-order valence-corrected chi connectivity index (χ4v) is 4.69. The van der Waals surface area contributed by atoms with Crippen molar-refractivity contribution in [3.05, 3.63) is 60.7 Å². The van der Waals surface area contributed by atoms with Gasteiger partial charge in [0.05, 0.1) is 11.2 Å². The highest BCUT2D eigenvalue weighted by molar-refractivity contribution is 7.25. The van der Waals surface area contributed by atoms with Crippen molar-refractivity contribution in [1.82, 2.24) is 0 Å². The summed E-state index contributed by atoms with van der Waals surface area (Å²) in [4.78, 5) is 0. The summed E-state index contributed by atoms with van der Waals surface area (Å²) < 4.78 is 14.8. The van der Waals surface area contributed by atoms with Crippen LogP contribution in [0.4, 0.5) is 0 Å². The molecule has 4 rings (SSSR count). The number of hydrogen-bond acceptors (Lipinski definition) is 4. The molecule has 0 spiro atoms. The fourth-order valence-electron chi connectivity index (χ4n) is 3.61. The van der Waals surface area contributed by atoms with Gasteiger partial charge in [-0.05, 0) is 70.9 Å². The lowest BCUT2D eigenvalue weighted by Crippen LogP contribution is -2.50.